The first-order chi connectivity index (χ1) is 10.2. The Labute approximate surface area is 131 Å². The van der Waals surface area contributed by atoms with Crippen LogP contribution in [-0.4, -0.2) is 11.6 Å². The number of thiocarbonyl (C=S) groups is 1. The fraction of sp³-hybridized carbons (Fsp3) is 0.278. The van der Waals surface area contributed by atoms with E-state index in [4.69, 9.17) is 22.7 Å². The van der Waals surface area contributed by atoms with Crippen molar-refractivity contribution in [3.05, 3.63) is 65.2 Å². The molecule has 2 aromatic carbocycles. The number of benzene rings is 2. The summed E-state index contributed by atoms with van der Waals surface area (Å²) in [6, 6.07) is 16.4. The van der Waals surface area contributed by atoms with Gasteiger partial charge in [0.1, 0.15) is 10.7 Å². The summed E-state index contributed by atoms with van der Waals surface area (Å²) < 4.78 is 5.85. The Morgan fingerprint density at radius 3 is 2.57 bits per heavy atom. The average molecular weight is 299 g/mol. The lowest BCUT2D eigenvalue weighted by Crippen LogP contribution is -2.10. The van der Waals surface area contributed by atoms with Crippen molar-refractivity contribution in [2.24, 2.45) is 5.73 Å². The molecule has 0 aromatic heterocycles. The minimum absolute atomic E-state index is 0.406. The SMILES string of the molecule is Cc1ccc(C(N)=S)cc1OCCCCc1ccccc1. The molecule has 2 nitrogen and oxygen atoms in total. The third kappa shape index (κ3) is 4.87. The quantitative estimate of drug-likeness (QED) is 0.619. The average Bonchev–Trinajstić information content (AvgIpc) is 2.49. The Balaban J connectivity index is 1.78. The van der Waals surface area contributed by atoms with Gasteiger partial charge in [-0.2, -0.15) is 0 Å². The van der Waals surface area contributed by atoms with Crippen molar-refractivity contribution in [3.63, 3.8) is 0 Å². The molecule has 0 fully saturated rings. The molecular formula is C18H21NOS. The summed E-state index contributed by atoms with van der Waals surface area (Å²) in [5.41, 5.74) is 8.99. The van der Waals surface area contributed by atoms with Gasteiger partial charge in [0.25, 0.3) is 0 Å². The fourth-order valence-corrected chi connectivity index (χ4v) is 2.29. The Morgan fingerprint density at radius 1 is 1.10 bits per heavy atom. The zero-order valence-electron chi connectivity index (χ0n) is 12.3. The molecule has 3 heteroatoms. The van der Waals surface area contributed by atoms with Crippen molar-refractivity contribution < 1.29 is 4.74 Å². The van der Waals surface area contributed by atoms with Gasteiger partial charge in [-0.05, 0) is 43.4 Å². The van der Waals surface area contributed by atoms with Crippen LogP contribution in [0, 0.1) is 6.92 Å². The molecule has 2 aromatic rings. The molecule has 0 radical (unpaired) electrons. The Kier molecular flexibility index (Phi) is 5.76. The summed E-state index contributed by atoms with van der Waals surface area (Å²) in [5.74, 6) is 0.875. The smallest absolute Gasteiger partial charge is 0.122 e. The van der Waals surface area contributed by atoms with Crippen LogP contribution < -0.4 is 10.5 Å². The van der Waals surface area contributed by atoms with Crippen LogP contribution in [0.15, 0.2) is 48.5 Å². The van der Waals surface area contributed by atoms with Gasteiger partial charge in [0.15, 0.2) is 0 Å². The van der Waals surface area contributed by atoms with Gasteiger partial charge < -0.3 is 10.5 Å². The first kappa shape index (κ1) is 15.5. The lowest BCUT2D eigenvalue weighted by Gasteiger charge is -2.10. The van der Waals surface area contributed by atoms with Crippen molar-refractivity contribution in [2.75, 3.05) is 6.61 Å². The zero-order chi connectivity index (χ0) is 15.1. The number of aryl methyl sites for hydroxylation is 2. The van der Waals surface area contributed by atoms with Crippen molar-refractivity contribution in [1.82, 2.24) is 0 Å². The number of ether oxygens (including phenoxy) is 1. The third-order valence-electron chi connectivity index (χ3n) is 3.43. The van der Waals surface area contributed by atoms with Gasteiger partial charge in [0.2, 0.25) is 0 Å². The molecule has 0 aliphatic heterocycles. The number of hydrogen-bond acceptors (Lipinski definition) is 2. The minimum atomic E-state index is 0.406. The molecule has 0 spiro atoms. The highest BCUT2D eigenvalue weighted by Crippen LogP contribution is 2.20. The van der Waals surface area contributed by atoms with Gasteiger partial charge in [-0.3, -0.25) is 0 Å². The molecule has 21 heavy (non-hydrogen) atoms. The second-order valence-electron chi connectivity index (χ2n) is 5.14. The topological polar surface area (TPSA) is 35.2 Å². The highest BCUT2D eigenvalue weighted by Gasteiger charge is 2.03. The first-order valence-electron chi connectivity index (χ1n) is 7.24. The summed E-state index contributed by atoms with van der Waals surface area (Å²) in [5, 5.41) is 0. The van der Waals surface area contributed by atoms with Crippen molar-refractivity contribution in [2.45, 2.75) is 26.2 Å². The van der Waals surface area contributed by atoms with Gasteiger partial charge in [0.05, 0.1) is 6.61 Å². The van der Waals surface area contributed by atoms with Crippen LogP contribution in [-0.2, 0) is 6.42 Å². The maximum atomic E-state index is 5.85. The second-order valence-corrected chi connectivity index (χ2v) is 5.58. The van der Waals surface area contributed by atoms with E-state index in [9.17, 15) is 0 Å². The predicted molar refractivity (Wildman–Crippen MR) is 91.9 cm³/mol. The van der Waals surface area contributed by atoms with E-state index in [0.717, 1.165) is 36.1 Å². The second kappa shape index (κ2) is 7.79. The number of rotatable bonds is 7. The molecule has 0 aliphatic carbocycles. The van der Waals surface area contributed by atoms with Crippen LogP contribution in [0.4, 0.5) is 0 Å². The van der Waals surface area contributed by atoms with Crippen LogP contribution in [0.2, 0.25) is 0 Å². The largest absolute Gasteiger partial charge is 0.493 e. The summed E-state index contributed by atoms with van der Waals surface area (Å²) >= 11 is 5.00. The summed E-state index contributed by atoms with van der Waals surface area (Å²) in [6.45, 7) is 2.75. The van der Waals surface area contributed by atoms with E-state index in [0.29, 0.717) is 11.6 Å². The molecule has 0 aliphatic rings. The molecule has 0 unspecified atom stereocenters. The van der Waals surface area contributed by atoms with Gasteiger partial charge >= 0.3 is 0 Å². The monoisotopic (exact) mass is 299 g/mol. The molecule has 2 N–H and O–H groups in total. The molecule has 0 bridgehead atoms. The number of unbranched alkanes of at least 4 members (excludes halogenated alkanes) is 1. The molecule has 0 heterocycles. The lowest BCUT2D eigenvalue weighted by molar-refractivity contribution is 0.305. The normalized spacial score (nSPS) is 10.3. The minimum Gasteiger partial charge on any atom is -0.493 e. The van der Waals surface area contributed by atoms with E-state index in [2.05, 4.69) is 24.3 Å². The van der Waals surface area contributed by atoms with Crippen molar-refractivity contribution in [3.8, 4) is 5.75 Å². The Hall–Kier alpha value is -1.87. The van der Waals surface area contributed by atoms with E-state index < -0.39 is 0 Å². The van der Waals surface area contributed by atoms with Gasteiger partial charge in [-0.15, -0.1) is 0 Å². The Bertz CT molecular complexity index is 595. The van der Waals surface area contributed by atoms with Crippen LogP contribution in [0.1, 0.15) is 29.5 Å². The Morgan fingerprint density at radius 2 is 1.86 bits per heavy atom. The van der Waals surface area contributed by atoms with E-state index in [1.165, 1.54) is 5.56 Å². The molecule has 0 atom stereocenters. The standard InChI is InChI=1S/C18H21NOS/c1-14-10-11-16(18(19)21)13-17(14)20-12-6-5-9-15-7-3-2-4-8-15/h2-4,7-8,10-11,13H,5-6,9,12H2,1H3,(H2,19,21). The summed E-state index contributed by atoms with van der Waals surface area (Å²) in [4.78, 5) is 0.406. The maximum absolute atomic E-state index is 5.85. The fourth-order valence-electron chi connectivity index (χ4n) is 2.17. The molecule has 0 amide bonds. The zero-order valence-corrected chi connectivity index (χ0v) is 13.2. The predicted octanol–water partition coefficient (Wildman–Crippen LogP) is 4.03. The highest BCUT2D eigenvalue weighted by atomic mass is 32.1. The summed E-state index contributed by atoms with van der Waals surface area (Å²) in [6.07, 6.45) is 3.25. The molecule has 110 valence electrons. The van der Waals surface area contributed by atoms with Crippen LogP contribution >= 0.6 is 12.2 Å². The van der Waals surface area contributed by atoms with Crippen LogP contribution in [0.25, 0.3) is 0 Å². The van der Waals surface area contributed by atoms with Crippen LogP contribution in [0.3, 0.4) is 0 Å². The third-order valence-corrected chi connectivity index (χ3v) is 3.67. The van der Waals surface area contributed by atoms with Crippen molar-refractivity contribution >= 4 is 17.2 Å². The van der Waals surface area contributed by atoms with Crippen LogP contribution in [0.5, 0.6) is 5.75 Å². The number of nitrogens with two attached hydrogens (primary N) is 1. The highest BCUT2D eigenvalue weighted by molar-refractivity contribution is 7.80. The molecule has 0 saturated carbocycles. The molecule has 2 rings (SSSR count). The lowest BCUT2D eigenvalue weighted by atomic mass is 10.1. The number of hydrogen-bond donors (Lipinski definition) is 1. The van der Waals surface area contributed by atoms with Gasteiger partial charge in [-0.1, -0.05) is 54.7 Å². The maximum Gasteiger partial charge on any atom is 0.122 e. The summed E-state index contributed by atoms with van der Waals surface area (Å²) in [7, 11) is 0. The van der Waals surface area contributed by atoms with Gasteiger partial charge in [0, 0.05) is 5.56 Å². The van der Waals surface area contributed by atoms with E-state index in [-0.39, 0.29) is 0 Å². The molecule has 0 saturated heterocycles. The van der Waals surface area contributed by atoms with E-state index in [1.807, 2.05) is 31.2 Å². The van der Waals surface area contributed by atoms with E-state index >= 15 is 0 Å². The van der Waals surface area contributed by atoms with E-state index in [1.54, 1.807) is 0 Å². The van der Waals surface area contributed by atoms with Gasteiger partial charge in [-0.25, -0.2) is 0 Å². The molecular weight excluding hydrogens is 278 g/mol. The first-order valence-corrected chi connectivity index (χ1v) is 7.65. The van der Waals surface area contributed by atoms with Crippen molar-refractivity contribution in [1.29, 1.82) is 0 Å².